The van der Waals surface area contributed by atoms with Gasteiger partial charge in [-0.2, -0.15) is 5.48 Å². The molecule has 1 atom stereocenters. The predicted molar refractivity (Wildman–Crippen MR) is 52.9 cm³/mol. The van der Waals surface area contributed by atoms with Crippen LogP contribution in [-0.2, 0) is 4.84 Å². The maximum Gasteiger partial charge on any atom is 0.127 e. The molecule has 0 saturated heterocycles. The second-order valence-corrected chi connectivity index (χ2v) is 3.98. The normalized spacial score (nSPS) is 29.3. The number of rotatable bonds is 0. The number of hydrogen-bond acceptors (Lipinski definition) is 2. The summed E-state index contributed by atoms with van der Waals surface area (Å²) in [6, 6.07) is 0. The molecule has 0 fully saturated rings. The van der Waals surface area contributed by atoms with Gasteiger partial charge in [-0.1, -0.05) is 13.5 Å². The molecule has 1 aliphatic heterocycles. The highest BCUT2D eigenvalue weighted by atomic mass is 16.6. The molecule has 0 aromatic carbocycles. The van der Waals surface area contributed by atoms with Crippen molar-refractivity contribution < 1.29 is 4.84 Å². The molecule has 0 radical (unpaired) electrons. The van der Waals surface area contributed by atoms with E-state index in [9.17, 15) is 0 Å². The number of hydroxylamine groups is 1. The summed E-state index contributed by atoms with van der Waals surface area (Å²) in [5.74, 6) is 1.75. The number of hydrogen-bond donors (Lipinski definition) is 1. The van der Waals surface area contributed by atoms with E-state index in [0.717, 1.165) is 31.6 Å². The Bertz CT molecular complexity index is 255. The minimum Gasteiger partial charge on any atom is -0.413 e. The van der Waals surface area contributed by atoms with E-state index in [1.54, 1.807) is 0 Å². The van der Waals surface area contributed by atoms with Crippen LogP contribution in [0.4, 0.5) is 0 Å². The standard InChI is InChI=1S/C11H17NO/c1-8-4-3-5-10-11(8)9(2)6-7-12-13-10/h9,12H,1,3-7H2,2H3. The lowest BCUT2D eigenvalue weighted by molar-refractivity contribution is 0.100. The number of nitrogens with one attached hydrogen (secondary N) is 1. The van der Waals surface area contributed by atoms with Gasteiger partial charge in [-0.15, -0.1) is 0 Å². The average Bonchev–Trinajstić information content (AvgIpc) is 2.29. The predicted octanol–water partition coefficient (Wildman–Crippen LogP) is 2.54. The van der Waals surface area contributed by atoms with Crippen molar-refractivity contribution in [2.45, 2.75) is 32.6 Å². The van der Waals surface area contributed by atoms with Crippen LogP contribution in [0.15, 0.2) is 23.5 Å². The highest BCUT2D eigenvalue weighted by Crippen LogP contribution is 2.35. The van der Waals surface area contributed by atoms with Crippen molar-refractivity contribution in [3.05, 3.63) is 23.5 Å². The first kappa shape index (κ1) is 8.82. The summed E-state index contributed by atoms with van der Waals surface area (Å²) in [5, 5.41) is 0. The second-order valence-electron chi connectivity index (χ2n) is 3.98. The van der Waals surface area contributed by atoms with E-state index in [1.165, 1.54) is 17.6 Å². The average molecular weight is 179 g/mol. The Kier molecular flexibility index (Phi) is 2.40. The molecule has 1 heterocycles. The van der Waals surface area contributed by atoms with Crippen LogP contribution in [0.1, 0.15) is 32.6 Å². The van der Waals surface area contributed by atoms with E-state index in [1.807, 2.05) is 0 Å². The molecule has 13 heavy (non-hydrogen) atoms. The van der Waals surface area contributed by atoms with Crippen LogP contribution < -0.4 is 5.48 Å². The van der Waals surface area contributed by atoms with Crippen molar-refractivity contribution in [3.63, 3.8) is 0 Å². The molecule has 2 heteroatoms. The summed E-state index contributed by atoms with van der Waals surface area (Å²) >= 11 is 0. The van der Waals surface area contributed by atoms with E-state index in [4.69, 9.17) is 4.84 Å². The Morgan fingerprint density at radius 3 is 3.15 bits per heavy atom. The quantitative estimate of drug-likeness (QED) is 0.617. The molecule has 1 N–H and O–H groups in total. The van der Waals surface area contributed by atoms with Crippen LogP contribution in [-0.4, -0.2) is 6.54 Å². The smallest absolute Gasteiger partial charge is 0.127 e. The van der Waals surface area contributed by atoms with Crippen LogP contribution in [0, 0.1) is 5.92 Å². The molecule has 2 rings (SSSR count). The van der Waals surface area contributed by atoms with E-state index in [2.05, 4.69) is 19.0 Å². The van der Waals surface area contributed by atoms with Gasteiger partial charge in [0.15, 0.2) is 0 Å². The molecule has 0 spiro atoms. The first-order valence-corrected chi connectivity index (χ1v) is 5.10. The molecule has 1 aliphatic carbocycles. The minimum atomic E-state index is 0.609. The lowest BCUT2D eigenvalue weighted by Crippen LogP contribution is -2.14. The number of allylic oxidation sites excluding steroid dienone is 3. The van der Waals surface area contributed by atoms with Crippen LogP contribution in [0.2, 0.25) is 0 Å². The molecule has 0 saturated carbocycles. The molecule has 2 nitrogen and oxygen atoms in total. The largest absolute Gasteiger partial charge is 0.413 e. The highest BCUT2D eigenvalue weighted by Gasteiger charge is 2.24. The van der Waals surface area contributed by atoms with Crippen LogP contribution in [0.3, 0.4) is 0 Å². The summed E-state index contributed by atoms with van der Waals surface area (Å²) in [7, 11) is 0. The van der Waals surface area contributed by atoms with E-state index >= 15 is 0 Å². The minimum absolute atomic E-state index is 0.609. The van der Waals surface area contributed by atoms with E-state index in [0.29, 0.717) is 5.92 Å². The maximum atomic E-state index is 5.52. The van der Waals surface area contributed by atoms with E-state index < -0.39 is 0 Å². The van der Waals surface area contributed by atoms with Gasteiger partial charge in [0.1, 0.15) is 5.76 Å². The van der Waals surface area contributed by atoms with Crippen LogP contribution in [0.25, 0.3) is 0 Å². The van der Waals surface area contributed by atoms with Gasteiger partial charge in [-0.25, -0.2) is 0 Å². The molecule has 0 amide bonds. The van der Waals surface area contributed by atoms with Gasteiger partial charge < -0.3 is 4.84 Å². The Morgan fingerprint density at radius 2 is 2.31 bits per heavy atom. The second kappa shape index (κ2) is 3.54. The summed E-state index contributed by atoms with van der Waals surface area (Å²) < 4.78 is 0. The highest BCUT2D eigenvalue weighted by molar-refractivity contribution is 5.35. The fourth-order valence-electron chi connectivity index (χ4n) is 2.22. The van der Waals surface area contributed by atoms with Crippen molar-refractivity contribution in [3.8, 4) is 0 Å². The van der Waals surface area contributed by atoms with Gasteiger partial charge in [0, 0.05) is 13.0 Å². The van der Waals surface area contributed by atoms with Gasteiger partial charge in [0.2, 0.25) is 0 Å². The maximum absolute atomic E-state index is 5.52. The lowest BCUT2D eigenvalue weighted by atomic mass is 9.84. The SMILES string of the molecule is C=C1CCCC2=C1C(C)CCNO2. The molecule has 72 valence electrons. The fourth-order valence-corrected chi connectivity index (χ4v) is 2.22. The van der Waals surface area contributed by atoms with Crippen LogP contribution in [0.5, 0.6) is 0 Å². The summed E-state index contributed by atoms with van der Waals surface area (Å²) in [5.41, 5.74) is 5.67. The molecular weight excluding hydrogens is 162 g/mol. The van der Waals surface area contributed by atoms with Crippen molar-refractivity contribution in [2.24, 2.45) is 5.92 Å². The van der Waals surface area contributed by atoms with Gasteiger partial charge in [-0.3, -0.25) is 0 Å². The van der Waals surface area contributed by atoms with Crippen molar-refractivity contribution >= 4 is 0 Å². The van der Waals surface area contributed by atoms with Crippen molar-refractivity contribution in [1.82, 2.24) is 5.48 Å². The molecule has 0 aromatic heterocycles. The Morgan fingerprint density at radius 1 is 1.46 bits per heavy atom. The van der Waals surface area contributed by atoms with Gasteiger partial charge >= 0.3 is 0 Å². The third-order valence-corrected chi connectivity index (χ3v) is 2.93. The Labute approximate surface area is 79.6 Å². The summed E-state index contributed by atoms with van der Waals surface area (Å²) in [6.45, 7) is 7.34. The molecule has 0 bridgehead atoms. The van der Waals surface area contributed by atoms with Gasteiger partial charge in [-0.05, 0) is 36.3 Å². The Balaban J connectivity index is 2.31. The first-order valence-electron chi connectivity index (χ1n) is 5.10. The summed E-state index contributed by atoms with van der Waals surface area (Å²) in [4.78, 5) is 5.52. The monoisotopic (exact) mass is 179 g/mol. The zero-order valence-corrected chi connectivity index (χ0v) is 8.23. The molecule has 2 aliphatic rings. The summed E-state index contributed by atoms with van der Waals surface area (Å²) in [6.07, 6.45) is 4.56. The van der Waals surface area contributed by atoms with Gasteiger partial charge in [0.25, 0.3) is 0 Å². The Hall–Kier alpha value is -0.760. The lowest BCUT2D eigenvalue weighted by Gasteiger charge is -2.23. The molecule has 1 unspecified atom stereocenters. The molecular formula is C11H17NO. The van der Waals surface area contributed by atoms with Crippen LogP contribution >= 0.6 is 0 Å². The van der Waals surface area contributed by atoms with Crippen molar-refractivity contribution in [1.29, 1.82) is 0 Å². The zero-order chi connectivity index (χ0) is 9.26. The first-order chi connectivity index (χ1) is 6.29. The molecule has 0 aromatic rings. The zero-order valence-electron chi connectivity index (χ0n) is 8.23. The fraction of sp³-hybridized carbons (Fsp3) is 0.636. The third-order valence-electron chi connectivity index (χ3n) is 2.93. The topological polar surface area (TPSA) is 21.3 Å². The van der Waals surface area contributed by atoms with Crippen molar-refractivity contribution in [2.75, 3.05) is 6.54 Å². The third kappa shape index (κ3) is 1.63. The van der Waals surface area contributed by atoms with Gasteiger partial charge in [0.05, 0.1) is 0 Å². The van der Waals surface area contributed by atoms with E-state index in [-0.39, 0.29) is 0 Å².